The van der Waals surface area contributed by atoms with Crippen molar-refractivity contribution in [1.82, 2.24) is 9.80 Å². The second-order valence-electron chi connectivity index (χ2n) is 6.23. The molecule has 0 radical (unpaired) electrons. The topological polar surface area (TPSA) is 39.5 Å². The maximum atomic E-state index is 8.65. The Kier molecular flexibility index (Phi) is 7.92. The van der Waals surface area contributed by atoms with Crippen LogP contribution in [0.1, 0.15) is 38.2 Å². The number of hydrogen-bond donors (Lipinski definition) is 0. The zero-order chi connectivity index (χ0) is 16.3. The Hall–Kier alpha value is -1.57. The molecule has 1 aliphatic heterocycles. The van der Waals surface area contributed by atoms with E-state index < -0.39 is 0 Å². The van der Waals surface area contributed by atoms with Gasteiger partial charge in [-0.2, -0.15) is 5.26 Å². The van der Waals surface area contributed by atoms with Crippen molar-refractivity contribution in [3.8, 4) is 11.8 Å². The van der Waals surface area contributed by atoms with Crippen LogP contribution in [-0.2, 0) is 6.54 Å². The summed E-state index contributed by atoms with van der Waals surface area (Å²) in [4.78, 5) is 4.87. The highest BCUT2D eigenvalue weighted by molar-refractivity contribution is 5.27. The SMILES string of the molecule is CCCCCOc1ccc(CN2CCN(CCC#N)CC2)cc1. The van der Waals surface area contributed by atoms with Gasteiger partial charge in [-0.15, -0.1) is 0 Å². The molecule has 4 heteroatoms. The molecular formula is C19H29N3O. The van der Waals surface area contributed by atoms with Crippen LogP contribution in [0.4, 0.5) is 0 Å². The van der Waals surface area contributed by atoms with Crippen LogP contribution in [-0.4, -0.2) is 49.1 Å². The Morgan fingerprint density at radius 2 is 1.74 bits per heavy atom. The first-order chi connectivity index (χ1) is 11.3. The fourth-order valence-electron chi connectivity index (χ4n) is 2.87. The highest BCUT2D eigenvalue weighted by atomic mass is 16.5. The minimum atomic E-state index is 0.639. The van der Waals surface area contributed by atoms with Crippen molar-refractivity contribution in [3.05, 3.63) is 29.8 Å². The third kappa shape index (κ3) is 6.60. The molecule has 1 aromatic carbocycles. The predicted octanol–water partition coefficient (Wildman–Crippen LogP) is 3.29. The van der Waals surface area contributed by atoms with E-state index in [1.54, 1.807) is 0 Å². The molecule has 0 N–H and O–H groups in total. The number of unbranched alkanes of at least 4 members (excludes halogenated alkanes) is 2. The van der Waals surface area contributed by atoms with Crippen molar-refractivity contribution in [2.45, 2.75) is 39.2 Å². The maximum absolute atomic E-state index is 8.65. The van der Waals surface area contributed by atoms with Gasteiger partial charge in [0.25, 0.3) is 0 Å². The van der Waals surface area contributed by atoms with Crippen LogP contribution >= 0.6 is 0 Å². The molecule has 0 aromatic heterocycles. The van der Waals surface area contributed by atoms with Gasteiger partial charge in [-0.1, -0.05) is 31.9 Å². The van der Waals surface area contributed by atoms with Crippen LogP contribution in [0.2, 0.25) is 0 Å². The van der Waals surface area contributed by atoms with Crippen LogP contribution in [0.15, 0.2) is 24.3 Å². The van der Waals surface area contributed by atoms with Crippen molar-refractivity contribution < 1.29 is 4.74 Å². The number of rotatable bonds is 9. The second-order valence-corrected chi connectivity index (χ2v) is 6.23. The third-order valence-electron chi connectivity index (χ3n) is 4.35. The lowest BCUT2D eigenvalue weighted by molar-refractivity contribution is 0.129. The molecule has 1 heterocycles. The lowest BCUT2D eigenvalue weighted by Gasteiger charge is -2.34. The van der Waals surface area contributed by atoms with Gasteiger partial charge in [0.05, 0.1) is 12.7 Å². The molecule has 1 fully saturated rings. The van der Waals surface area contributed by atoms with E-state index in [-0.39, 0.29) is 0 Å². The zero-order valence-corrected chi connectivity index (χ0v) is 14.3. The summed E-state index contributed by atoms with van der Waals surface area (Å²) in [5.74, 6) is 0.978. The fourth-order valence-corrected chi connectivity index (χ4v) is 2.87. The highest BCUT2D eigenvalue weighted by Crippen LogP contribution is 2.15. The van der Waals surface area contributed by atoms with E-state index in [1.165, 1.54) is 18.4 Å². The van der Waals surface area contributed by atoms with Gasteiger partial charge in [0.15, 0.2) is 0 Å². The van der Waals surface area contributed by atoms with Crippen molar-refractivity contribution in [2.75, 3.05) is 39.3 Å². The lowest BCUT2D eigenvalue weighted by Crippen LogP contribution is -2.46. The van der Waals surface area contributed by atoms with Gasteiger partial charge in [0, 0.05) is 45.7 Å². The maximum Gasteiger partial charge on any atom is 0.119 e. The minimum Gasteiger partial charge on any atom is -0.494 e. The lowest BCUT2D eigenvalue weighted by atomic mass is 10.2. The Bertz CT molecular complexity index is 472. The van der Waals surface area contributed by atoms with Crippen LogP contribution in [0.3, 0.4) is 0 Å². The summed E-state index contributed by atoms with van der Waals surface area (Å²) in [6.45, 7) is 9.24. The Morgan fingerprint density at radius 3 is 2.39 bits per heavy atom. The fraction of sp³-hybridized carbons (Fsp3) is 0.632. The molecule has 0 unspecified atom stereocenters. The molecule has 126 valence electrons. The van der Waals surface area contributed by atoms with Gasteiger partial charge in [0.1, 0.15) is 5.75 Å². The van der Waals surface area contributed by atoms with Crippen molar-refractivity contribution >= 4 is 0 Å². The first-order valence-electron chi connectivity index (χ1n) is 8.85. The molecule has 0 atom stereocenters. The standard InChI is InChI=1S/C19H29N3O/c1-2-3-4-16-23-19-8-6-18(7-9-19)17-22-14-12-21(13-15-22)11-5-10-20/h6-9H,2-5,11-17H2,1H3. The summed E-state index contributed by atoms with van der Waals surface area (Å²) in [5.41, 5.74) is 1.34. The van der Waals surface area contributed by atoms with E-state index in [4.69, 9.17) is 10.00 Å². The Labute approximate surface area is 140 Å². The van der Waals surface area contributed by atoms with E-state index in [2.05, 4.69) is 47.1 Å². The number of hydrogen-bond acceptors (Lipinski definition) is 4. The summed E-state index contributed by atoms with van der Waals surface area (Å²) in [6.07, 6.45) is 4.23. The van der Waals surface area contributed by atoms with Gasteiger partial charge >= 0.3 is 0 Å². The third-order valence-corrected chi connectivity index (χ3v) is 4.35. The normalized spacial score (nSPS) is 16.2. The van der Waals surface area contributed by atoms with Crippen molar-refractivity contribution in [3.63, 3.8) is 0 Å². The molecule has 1 aromatic rings. The Morgan fingerprint density at radius 1 is 1.04 bits per heavy atom. The number of nitrogens with zero attached hydrogens (tertiary/aromatic N) is 3. The molecule has 0 amide bonds. The number of piperazine rings is 1. The van der Waals surface area contributed by atoms with Gasteiger partial charge in [-0.25, -0.2) is 0 Å². The van der Waals surface area contributed by atoms with E-state index in [0.29, 0.717) is 6.42 Å². The monoisotopic (exact) mass is 315 g/mol. The molecule has 0 spiro atoms. The number of ether oxygens (including phenoxy) is 1. The quantitative estimate of drug-likeness (QED) is 0.656. The van der Waals surface area contributed by atoms with E-state index in [0.717, 1.165) is 58.0 Å². The predicted molar refractivity (Wildman–Crippen MR) is 93.4 cm³/mol. The molecular weight excluding hydrogens is 286 g/mol. The van der Waals surface area contributed by atoms with Crippen molar-refractivity contribution in [2.24, 2.45) is 0 Å². The molecule has 23 heavy (non-hydrogen) atoms. The van der Waals surface area contributed by atoms with Gasteiger partial charge in [-0.3, -0.25) is 9.80 Å². The second kappa shape index (κ2) is 10.3. The molecule has 2 rings (SSSR count). The summed E-state index contributed by atoms with van der Waals surface area (Å²) in [6, 6.07) is 10.8. The largest absolute Gasteiger partial charge is 0.494 e. The molecule has 0 aliphatic carbocycles. The molecule has 1 aliphatic rings. The van der Waals surface area contributed by atoms with Gasteiger partial charge in [-0.05, 0) is 24.1 Å². The van der Waals surface area contributed by atoms with Crippen LogP contribution in [0.5, 0.6) is 5.75 Å². The van der Waals surface area contributed by atoms with E-state index in [1.807, 2.05) is 0 Å². The summed E-state index contributed by atoms with van der Waals surface area (Å²) in [5, 5.41) is 8.65. The summed E-state index contributed by atoms with van der Waals surface area (Å²) >= 11 is 0. The van der Waals surface area contributed by atoms with Crippen molar-refractivity contribution in [1.29, 1.82) is 5.26 Å². The molecule has 1 saturated heterocycles. The molecule has 0 bridgehead atoms. The first kappa shape index (κ1) is 17.8. The average molecular weight is 315 g/mol. The van der Waals surface area contributed by atoms with Gasteiger partial charge in [0.2, 0.25) is 0 Å². The van der Waals surface area contributed by atoms with Crippen LogP contribution in [0, 0.1) is 11.3 Å². The molecule has 0 saturated carbocycles. The minimum absolute atomic E-state index is 0.639. The summed E-state index contributed by atoms with van der Waals surface area (Å²) in [7, 11) is 0. The smallest absolute Gasteiger partial charge is 0.119 e. The average Bonchev–Trinajstić information content (AvgIpc) is 2.59. The summed E-state index contributed by atoms with van der Waals surface area (Å²) < 4.78 is 5.76. The number of benzene rings is 1. The van der Waals surface area contributed by atoms with Gasteiger partial charge < -0.3 is 4.74 Å². The first-order valence-corrected chi connectivity index (χ1v) is 8.85. The number of nitriles is 1. The highest BCUT2D eigenvalue weighted by Gasteiger charge is 2.16. The van der Waals surface area contributed by atoms with Crippen LogP contribution in [0.25, 0.3) is 0 Å². The molecule has 4 nitrogen and oxygen atoms in total. The van der Waals surface area contributed by atoms with E-state index >= 15 is 0 Å². The van der Waals surface area contributed by atoms with E-state index in [9.17, 15) is 0 Å². The Balaban J connectivity index is 1.69. The van der Waals surface area contributed by atoms with Crippen LogP contribution < -0.4 is 4.74 Å². The zero-order valence-electron chi connectivity index (χ0n) is 14.3.